The fourth-order valence-electron chi connectivity index (χ4n) is 2.32. The second kappa shape index (κ2) is 7.74. The molecule has 0 aliphatic carbocycles. The van der Waals surface area contributed by atoms with Crippen molar-refractivity contribution >= 4 is 11.8 Å². The van der Waals surface area contributed by atoms with E-state index in [2.05, 4.69) is 4.98 Å². The van der Waals surface area contributed by atoms with Crippen LogP contribution in [0, 0.1) is 5.82 Å². The van der Waals surface area contributed by atoms with Gasteiger partial charge in [0.1, 0.15) is 5.82 Å². The third kappa shape index (κ3) is 4.82. The summed E-state index contributed by atoms with van der Waals surface area (Å²) in [7, 11) is 1.24. The molecule has 2 amide bonds. The standard InChI is InChI=1S/C16H16F4N4O3/c1-24-7-6-21-14(24)15(27,16(18,19)20)9-13(26)23-22-12(25)8-10-2-4-11(17)5-3-10/h2-7,27H,8-9H2,1H3,(H,22,25)(H,23,26). The molecule has 1 aromatic heterocycles. The predicted molar refractivity (Wildman–Crippen MR) is 84.2 cm³/mol. The van der Waals surface area contributed by atoms with Crippen molar-refractivity contribution in [2.45, 2.75) is 24.6 Å². The molecule has 0 spiro atoms. The summed E-state index contributed by atoms with van der Waals surface area (Å²) < 4.78 is 53.7. The van der Waals surface area contributed by atoms with Crippen molar-refractivity contribution in [1.82, 2.24) is 20.4 Å². The first-order chi connectivity index (χ1) is 12.5. The first kappa shape index (κ1) is 20.4. The lowest BCUT2D eigenvalue weighted by atomic mass is 9.97. The average Bonchev–Trinajstić information content (AvgIpc) is 3.00. The molecule has 7 nitrogen and oxygen atoms in total. The Morgan fingerprint density at radius 1 is 1.15 bits per heavy atom. The molecule has 1 atom stereocenters. The Hall–Kier alpha value is -2.95. The molecule has 3 N–H and O–H groups in total. The lowest BCUT2D eigenvalue weighted by molar-refractivity contribution is -0.271. The van der Waals surface area contributed by atoms with Gasteiger partial charge in [0, 0.05) is 19.4 Å². The van der Waals surface area contributed by atoms with Crippen molar-refractivity contribution in [3.63, 3.8) is 0 Å². The normalized spacial score (nSPS) is 13.7. The van der Waals surface area contributed by atoms with Crippen molar-refractivity contribution in [3.05, 3.63) is 53.9 Å². The Bertz CT molecular complexity index is 820. The third-order valence-corrected chi connectivity index (χ3v) is 3.70. The van der Waals surface area contributed by atoms with Crippen molar-refractivity contribution in [2.75, 3.05) is 0 Å². The first-order valence-electron chi connectivity index (χ1n) is 7.62. The molecule has 0 aliphatic heterocycles. The Morgan fingerprint density at radius 2 is 1.74 bits per heavy atom. The van der Waals surface area contributed by atoms with Gasteiger partial charge in [-0.05, 0) is 17.7 Å². The van der Waals surface area contributed by atoms with E-state index in [0.29, 0.717) is 5.56 Å². The first-order valence-corrected chi connectivity index (χ1v) is 7.62. The highest BCUT2D eigenvalue weighted by atomic mass is 19.4. The van der Waals surface area contributed by atoms with Crippen molar-refractivity contribution < 1.29 is 32.3 Å². The highest BCUT2D eigenvalue weighted by molar-refractivity contribution is 5.83. The van der Waals surface area contributed by atoms with E-state index in [1.54, 1.807) is 0 Å². The van der Waals surface area contributed by atoms with Gasteiger partial charge in [-0.3, -0.25) is 20.4 Å². The number of hydrogen-bond donors (Lipinski definition) is 3. The molecule has 1 heterocycles. The van der Waals surface area contributed by atoms with Crippen LogP contribution in [0.25, 0.3) is 0 Å². The summed E-state index contributed by atoms with van der Waals surface area (Å²) in [6, 6.07) is 4.97. The number of imidazole rings is 1. The van der Waals surface area contributed by atoms with Gasteiger partial charge < -0.3 is 9.67 Å². The second-order valence-corrected chi connectivity index (χ2v) is 5.80. The molecule has 2 aromatic rings. The van der Waals surface area contributed by atoms with Crippen LogP contribution in [-0.2, 0) is 28.7 Å². The average molecular weight is 388 g/mol. The van der Waals surface area contributed by atoms with Crippen LogP contribution in [0.2, 0.25) is 0 Å². The predicted octanol–water partition coefficient (Wildman–Crippen LogP) is 1.09. The summed E-state index contributed by atoms with van der Waals surface area (Å²) >= 11 is 0. The highest BCUT2D eigenvalue weighted by Crippen LogP contribution is 2.40. The fraction of sp³-hybridized carbons (Fsp3) is 0.312. The molecule has 11 heteroatoms. The molecular formula is C16H16F4N4O3. The van der Waals surface area contributed by atoms with Crippen molar-refractivity contribution in [3.8, 4) is 0 Å². The number of amides is 2. The van der Waals surface area contributed by atoms with E-state index in [-0.39, 0.29) is 6.42 Å². The summed E-state index contributed by atoms with van der Waals surface area (Å²) in [6.07, 6.45) is -4.58. The number of benzene rings is 1. The minimum Gasteiger partial charge on any atom is -0.374 e. The lowest BCUT2D eigenvalue weighted by Crippen LogP contribution is -2.50. The molecular weight excluding hydrogens is 372 g/mol. The number of halogens is 4. The molecule has 0 radical (unpaired) electrons. The number of aryl methyl sites for hydroxylation is 1. The molecule has 27 heavy (non-hydrogen) atoms. The largest absolute Gasteiger partial charge is 0.425 e. The fourth-order valence-corrected chi connectivity index (χ4v) is 2.32. The van der Waals surface area contributed by atoms with Gasteiger partial charge in [0.2, 0.25) is 17.4 Å². The van der Waals surface area contributed by atoms with Gasteiger partial charge in [-0.1, -0.05) is 12.1 Å². The maximum Gasteiger partial charge on any atom is 0.425 e. The van der Waals surface area contributed by atoms with Crippen LogP contribution < -0.4 is 10.9 Å². The van der Waals surface area contributed by atoms with Gasteiger partial charge in [-0.25, -0.2) is 9.37 Å². The smallest absolute Gasteiger partial charge is 0.374 e. The SMILES string of the molecule is Cn1ccnc1C(O)(CC(=O)NNC(=O)Cc1ccc(F)cc1)C(F)(F)F. The maximum absolute atomic E-state index is 13.3. The number of carbonyl (C=O) groups excluding carboxylic acids is 2. The number of nitrogens with one attached hydrogen (secondary N) is 2. The summed E-state index contributed by atoms with van der Waals surface area (Å²) in [5.74, 6) is -3.26. The number of hydrogen-bond acceptors (Lipinski definition) is 4. The Kier molecular flexibility index (Phi) is 5.84. The maximum atomic E-state index is 13.3. The number of aromatic nitrogens is 2. The quantitative estimate of drug-likeness (QED) is 0.528. The van der Waals surface area contributed by atoms with Gasteiger partial charge in [0.25, 0.3) is 0 Å². The number of carbonyl (C=O) groups is 2. The van der Waals surface area contributed by atoms with Crippen LogP contribution in [0.3, 0.4) is 0 Å². The van der Waals surface area contributed by atoms with E-state index in [0.717, 1.165) is 22.9 Å². The molecule has 1 aromatic carbocycles. The minimum absolute atomic E-state index is 0.233. The Morgan fingerprint density at radius 3 is 2.26 bits per heavy atom. The minimum atomic E-state index is -5.18. The lowest BCUT2D eigenvalue weighted by Gasteiger charge is -2.29. The zero-order valence-electron chi connectivity index (χ0n) is 14.0. The van der Waals surface area contributed by atoms with Crippen molar-refractivity contribution in [1.29, 1.82) is 0 Å². The molecule has 0 fully saturated rings. The van der Waals surface area contributed by atoms with Gasteiger partial charge in [0.05, 0.1) is 12.8 Å². The summed E-state index contributed by atoms with van der Waals surface area (Å²) in [5.41, 5.74) is 0.658. The van der Waals surface area contributed by atoms with Crippen LogP contribution in [0.15, 0.2) is 36.7 Å². The summed E-state index contributed by atoms with van der Waals surface area (Å²) in [6.45, 7) is 0. The summed E-state index contributed by atoms with van der Waals surface area (Å²) in [5, 5.41) is 10.1. The van der Waals surface area contributed by atoms with E-state index in [4.69, 9.17) is 0 Å². The number of aliphatic hydroxyl groups is 1. The molecule has 0 saturated carbocycles. The van der Waals surface area contributed by atoms with Gasteiger partial charge in [-0.15, -0.1) is 0 Å². The van der Waals surface area contributed by atoms with Crippen molar-refractivity contribution in [2.24, 2.45) is 7.05 Å². The van der Waals surface area contributed by atoms with Crippen LogP contribution in [0.4, 0.5) is 17.6 Å². The molecule has 0 aliphatic rings. The Balaban J connectivity index is 1.99. The zero-order valence-corrected chi connectivity index (χ0v) is 14.0. The van der Waals surface area contributed by atoms with Crippen LogP contribution in [-0.4, -0.2) is 32.6 Å². The van der Waals surface area contributed by atoms with E-state index in [9.17, 15) is 32.3 Å². The van der Waals surface area contributed by atoms with Gasteiger partial charge in [-0.2, -0.15) is 13.2 Å². The number of rotatable bonds is 5. The molecule has 2 rings (SSSR count). The molecule has 0 bridgehead atoms. The topological polar surface area (TPSA) is 96.2 Å². The number of alkyl halides is 3. The Labute approximate surface area is 151 Å². The van der Waals surface area contributed by atoms with Gasteiger partial charge in [0.15, 0.2) is 5.82 Å². The van der Waals surface area contributed by atoms with Crippen LogP contribution in [0.1, 0.15) is 17.8 Å². The van der Waals surface area contributed by atoms with E-state index >= 15 is 0 Å². The number of nitrogens with zero attached hydrogens (tertiary/aromatic N) is 2. The third-order valence-electron chi connectivity index (χ3n) is 3.70. The zero-order chi connectivity index (χ0) is 20.2. The van der Waals surface area contributed by atoms with Crippen LogP contribution >= 0.6 is 0 Å². The molecule has 146 valence electrons. The van der Waals surface area contributed by atoms with E-state index in [1.807, 2.05) is 10.9 Å². The van der Waals surface area contributed by atoms with E-state index < -0.39 is 41.7 Å². The van der Waals surface area contributed by atoms with E-state index in [1.165, 1.54) is 25.4 Å². The monoisotopic (exact) mass is 388 g/mol. The highest BCUT2D eigenvalue weighted by Gasteiger charge is 2.58. The molecule has 1 unspecified atom stereocenters. The second-order valence-electron chi connectivity index (χ2n) is 5.80. The number of hydrazine groups is 1. The molecule has 0 saturated heterocycles. The van der Waals surface area contributed by atoms with Crippen LogP contribution in [0.5, 0.6) is 0 Å². The van der Waals surface area contributed by atoms with Gasteiger partial charge >= 0.3 is 6.18 Å². The summed E-state index contributed by atoms with van der Waals surface area (Å²) in [4.78, 5) is 27.0.